The molecule has 1 unspecified atom stereocenters. The molecular formula is C23H24N6O2. The average molecular weight is 416 g/mol. The number of hydrogen-bond acceptors (Lipinski definition) is 6. The Kier molecular flexibility index (Phi) is 5.46. The highest BCUT2D eigenvalue weighted by molar-refractivity contribution is 6.00. The number of nitrogens with zero attached hydrogens (tertiary/aromatic N) is 4. The van der Waals surface area contributed by atoms with Crippen LogP contribution in [-0.2, 0) is 13.1 Å². The van der Waals surface area contributed by atoms with Crippen molar-refractivity contribution in [1.82, 2.24) is 14.7 Å². The van der Waals surface area contributed by atoms with Crippen LogP contribution in [0.1, 0.15) is 32.7 Å². The van der Waals surface area contributed by atoms with Crippen LogP contribution in [0, 0.1) is 25.2 Å². The number of carbonyl (C=O) groups excluding carboxylic acids is 1. The predicted octanol–water partition coefficient (Wildman–Crippen LogP) is 2.34. The zero-order chi connectivity index (χ0) is 22.1. The Morgan fingerprint density at radius 2 is 1.87 bits per heavy atom. The highest BCUT2D eigenvalue weighted by atomic mass is 16.3. The Morgan fingerprint density at radius 1 is 1.19 bits per heavy atom. The monoisotopic (exact) mass is 416 g/mol. The number of carbonyl (C=O) groups is 1. The lowest BCUT2D eigenvalue weighted by Crippen LogP contribution is -2.45. The second-order valence-corrected chi connectivity index (χ2v) is 7.81. The highest BCUT2D eigenvalue weighted by Gasteiger charge is 2.30. The number of aromatic nitrogens is 2. The summed E-state index contributed by atoms with van der Waals surface area (Å²) < 4.78 is 1.80. The van der Waals surface area contributed by atoms with Crippen molar-refractivity contribution < 1.29 is 9.90 Å². The fraction of sp³-hybridized carbons (Fsp3) is 0.261. The second kappa shape index (κ2) is 8.22. The largest absolute Gasteiger partial charge is 0.365 e. The van der Waals surface area contributed by atoms with Gasteiger partial charge in [-0.05, 0) is 50.2 Å². The molecule has 0 aliphatic carbocycles. The van der Waals surface area contributed by atoms with Crippen molar-refractivity contribution in [2.45, 2.75) is 33.3 Å². The third-order valence-corrected chi connectivity index (χ3v) is 5.41. The molecule has 8 nitrogen and oxygen atoms in total. The first-order valence-electron chi connectivity index (χ1n) is 10.0. The van der Waals surface area contributed by atoms with Crippen LogP contribution in [0.5, 0.6) is 0 Å². The molecule has 8 heteroatoms. The first-order chi connectivity index (χ1) is 14.9. The number of aliphatic hydroxyl groups is 1. The molecule has 31 heavy (non-hydrogen) atoms. The summed E-state index contributed by atoms with van der Waals surface area (Å²) in [7, 11) is 0. The summed E-state index contributed by atoms with van der Waals surface area (Å²) in [6.07, 6.45) is -0.970. The van der Waals surface area contributed by atoms with Crippen LogP contribution >= 0.6 is 0 Å². The van der Waals surface area contributed by atoms with Gasteiger partial charge in [-0.25, -0.2) is 0 Å². The molecule has 0 saturated heterocycles. The summed E-state index contributed by atoms with van der Waals surface area (Å²) >= 11 is 0. The molecule has 0 bridgehead atoms. The molecule has 0 fully saturated rings. The minimum Gasteiger partial charge on any atom is -0.365 e. The zero-order valence-corrected chi connectivity index (χ0v) is 17.5. The van der Waals surface area contributed by atoms with Gasteiger partial charge in [-0.3, -0.25) is 14.4 Å². The number of nitriles is 1. The molecule has 4 N–H and O–H groups in total. The van der Waals surface area contributed by atoms with Gasteiger partial charge in [0.15, 0.2) is 6.35 Å². The Balaban J connectivity index is 1.61. The smallest absolute Gasteiger partial charge is 0.252 e. The SMILES string of the molecule is Cc1cc(C)cc(-c2nn3c(c2C(N)=O)CN(C(O)Nc2ccc(C#N)cc2)CC3)c1. The Hall–Kier alpha value is -3.67. The van der Waals surface area contributed by atoms with Crippen molar-refractivity contribution in [3.63, 3.8) is 0 Å². The van der Waals surface area contributed by atoms with Gasteiger partial charge in [0, 0.05) is 24.3 Å². The van der Waals surface area contributed by atoms with E-state index in [0.717, 1.165) is 16.7 Å². The number of aliphatic hydroxyl groups excluding tert-OH is 1. The van der Waals surface area contributed by atoms with E-state index in [2.05, 4.69) is 22.6 Å². The summed E-state index contributed by atoms with van der Waals surface area (Å²) in [5.74, 6) is -0.535. The molecule has 1 atom stereocenters. The third-order valence-electron chi connectivity index (χ3n) is 5.41. The maximum Gasteiger partial charge on any atom is 0.252 e. The van der Waals surface area contributed by atoms with E-state index in [1.807, 2.05) is 30.9 Å². The van der Waals surface area contributed by atoms with Gasteiger partial charge in [-0.1, -0.05) is 17.2 Å². The number of benzene rings is 2. The summed E-state index contributed by atoms with van der Waals surface area (Å²) in [6, 6.07) is 15.0. The van der Waals surface area contributed by atoms with Gasteiger partial charge >= 0.3 is 0 Å². The summed E-state index contributed by atoms with van der Waals surface area (Å²) in [4.78, 5) is 14.2. The molecule has 1 amide bonds. The second-order valence-electron chi connectivity index (χ2n) is 7.81. The lowest BCUT2D eigenvalue weighted by atomic mass is 10.0. The number of aryl methyl sites for hydroxylation is 2. The van der Waals surface area contributed by atoms with Crippen molar-refractivity contribution in [2.24, 2.45) is 5.73 Å². The summed E-state index contributed by atoms with van der Waals surface area (Å²) in [6.45, 7) is 5.39. The fourth-order valence-electron chi connectivity index (χ4n) is 4.00. The molecule has 158 valence electrons. The number of nitrogens with one attached hydrogen (secondary N) is 1. The van der Waals surface area contributed by atoms with Crippen LogP contribution in [-0.4, -0.2) is 38.6 Å². The van der Waals surface area contributed by atoms with Crippen LogP contribution in [0.25, 0.3) is 11.3 Å². The molecule has 4 rings (SSSR count). The number of primary amides is 1. The number of fused-ring (bicyclic) bond motifs is 1. The van der Waals surface area contributed by atoms with Crippen LogP contribution in [0.2, 0.25) is 0 Å². The molecule has 1 aliphatic rings. The van der Waals surface area contributed by atoms with E-state index < -0.39 is 12.3 Å². The lowest BCUT2D eigenvalue weighted by Gasteiger charge is -2.32. The molecule has 2 heterocycles. The van der Waals surface area contributed by atoms with Crippen LogP contribution in [0.3, 0.4) is 0 Å². The first kappa shape index (κ1) is 20.6. The molecule has 3 aromatic rings. The lowest BCUT2D eigenvalue weighted by molar-refractivity contribution is 0.00610. The summed E-state index contributed by atoms with van der Waals surface area (Å²) in [5.41, 5.74) is 11.7. The Bertz CT molecular complexity index is 1160. The highest BCUT2D eigenvalue weighted by Crippen LogP contribution is 2.30. The molecule has 0 saturated carbocycles. The van der Waals surface area contributed by atoms with E-state index in [4.69, 9.17) is 11.0 Å². The maximum atomic E-state index is 12.4. The first-order valence-corrected chi connectivity index (χ1v) is 10.0. The minimum absolute atomic E-state index is 0.320. The number of anilines is 1. The fourth-order valence-corrected chi connectivity index (χ4v) is 4.00. The van der Waals surface area contributed by atoms with Crippen molar-refractivity contribution in [2.75, 3.05) is 11.9 Å². The minimum atomic E-state index is -0.970. The number of nitrogens with two attached hydrogens (primary N) is 1. The van der Waals surface area contributed by atoms with Gasteiger partial charge in [-0.2, -0.15) is 10.4 Å². The van der Waals surface area contributed by atoms with Crippen LogP contribution < -0.4 is 11.1 Å². The van der Waals surface area contributed by atoms with Gasteiger partial charge in [0.05, 0.1) is 29.4 Å². The van der Waals surface area contributed by atoms with E-state index in [0.29, 0.717) is 47.8 Å². The van der Waals surface area contributed by atoms with Crippen molar-refractivity contribution in [3.05, 3.63) is 70.4 Å². The van der Waals surface area contributed by atoms with Gasteiger partial charge in [0.2, 0.25) is 0 Å². The van der Waals surface area contributed by atoms with E-state index >= 15 is 0 Å². The van der Waals surface area contributed by atoms with E-state index in [1.54, 1.807) is 28.9 Å². The van der Waals surface area contributed by atoms with E-state index in [-0.39, 0.29) is 0 Å². The van der Waals surface area contributed by atoms with Gasteiger partial charge in [0.1, 0.15) is 5.69 Å². The quantitative estimate of drug-likeness (QED) is 0.549. The normalized spacial score (nSPS) is 14.5. The number of rotatable bonds is 5. The standard InChI is InChI=1S/C23H24N6O2/c1-14-9-15(2)11-17(10-14)21-20(22(25)30)19-13-28(7-8-29(19)27-21)23(31)26-18-5-3-16(12-24)4-6-18/h3-6,9-11,23,26,31H,7-8,13H2,1-2H3,(H2,25,30). The topological polar surface area (TPSA) is 120 Å². The summed E-state index contributed by atoms with van der Waals surface area (Å²) in [5, 5.41) is 27.3. The van der Waals surface area contributed by atoms with Crippen molar-refractivity contribution >= 4 is 11.6 Å². The van der Waals surface area contributed by atoms with Crippen LogP contribution in [0.15, 0.2) is 42.5 Å². The zero-order valence-electron chi connectivity index (χ0n) is 17.5. The molecule has 0 spiro atoms. The van der Waals surface area contributed by atoms with E-state index in [9.17, 15) is 9.90 Å². The van der Waals surface area contributed by atoms with E-state index in [1.165, 1.54) is 0 Å². The molecule has 2 aromatic carbocycles. The number of hydrogen-bond donors (Lipinski definition) is 3. The molecule has 0 radical (unpaired) electrons. The van der Waals surface area contributed by atoms with Crippen molar-refractivity contribution in [1.29, 1.82) is 5.26 Å². The molecule has 1 aromatic heterocycles. The Labute approximate surface area is 180 Å². The molecular weight excluding hydrogens is 392 g/mol. The van der Waals surface area contributed by atoms with Crippen LogP contribution in [0.4, 0.5) is 5.69 Å². The molecule has 1 aliphatic heterocycles. The third kappa shape index (κ3) is 4.14. The number of amides is 1. The van der Waals surface area contributed by atoms with Gasteiger partial charge < -0.3 is 16.2 Å². The Morgan fingerprint density at radius 3 is 2.48 bits per heavy atom. The predicted molar refractivity (Wildman–Crippen MR) is 117 cm³/mol. The van der Waals surface area contributed by atoms with Gasteiger partial charge in [0.25, 0.3) is 5.91 Å². The van der Waals surface area contributed by atoms with Crippen molar-refractivity contribution in [3.8, 4) is 17.3 Å². The average Bonchev–Trinajstić information content (AvgIpc) is 3.12. The van der Waals surface area contributed by atoms with Gasteiger partial charge in [-0.15, -0.1) is 0 Å². The maximum absolute atomic E-state index is 12.4.